The molecule has 1 aliphatic carbocycles. The summed E-state index contributed by atoms with van der Waals surface area (Å²) in [5, 5.41) is 25.8. The molecule has 1 fully saturated rings. The molecule has 19 heavy (non-hydrogen) atoms. The Kier molecular flexibility index (Phi) is 4.23. The van der Waals surface area contributed by atoms with Crippen molar-refractivity contribution in [3.63, 3.8) is 0 Å². The van der Waals surface area contributed by atoms with Gasteiger partial charge in [0.25, 0.3) is 0 Å². The van der Waals surface area contributed by atoms with E-state index in [0.29, 0.717) is 30.3 Å². The molecule has 1 aromatic rings. The van der Waals surface area contributed by atoms with Gasteiger partial charge in [-0.05, 0) is 38.5 Å². The van der Waals surface area contributed by atoms with Crippen LogP contribution in [0.25, 0.3) is 0 Å². The third-order valence-corrected chi connectivity index (χ3v) is 4.90. The van der Waals surface area contributed by atoms with Gasteiger partial charge in [-0.25, -0.2) is 0 Å². The highest BCUT2D eigenvalue weighted by molar-refractivity contribution is 6.30. The molecule has 0 radical (unpaired) electrons. The van der Waals surface area contributed by atoms with E-state index in [4.69, 9.17) is 11.6 Å². The standard InChI is InChI=1S/C14H23ClN2O2/c1-9-4-6-14(19,7-5-9)12(18)8-11-10(2)16-17(3)13(11)15/h9,12,18-19H,4-8H2,1-3H3. The van der Waals surface area contributed by atoms with Gasteiger partial charge in [-0.1, -0.05) is 18.5 Å². The SMILES string of the molecule is Cc1nn(C)c(Cl)c1CC(O)C1(O)CCC(C)CC1. The Morgan fingerprint density at radius 1 is 1.47 bits per heavy atom. The summed E-state index contributed by atoms with van der Waals surface area (Å²) in [6, 6.07) is 0. The van der Waals surface area contributed by atoms with E-state index in [1.165, 1.54) is 0 Å². The van der Waals surface area contributed by atoms with Crippen LogP contribution in [0.4, 0.5) is 0 Å². The lowest BCUT2D eigenvalue weighted by Crippen LogP contribution is -2.46. The predicted octanol–water partition coefficient (Wildman–Crippen LogP) is 2.23. The number of aliphatic hydroxyl groups is 2. The maximum absolute atomic E-state index is 10.6. The van der Waals surface area contributed by atoms with Crippen molar-refractivity contribution < 1.29 is 10.2 Å². The quantitative estimate of drug-likeness (QED) is 0.896. The van der Waals surface area contributed by atoms with Crippen LogP contribution in [0.15, 0.2) is 0 Å². The van der Waals surface area contributed by atoms with Crippen molar-refractivity contribution in [3.8, 4) is 0 Å². The molecule has 0 amide bonds. The van der Waals surface area contributed by atoms with Crippen molar-refractivity contribution in [1.29, 1.82) is 0 Å². The Balaban J connectivity index is 2.10. The van der Waals surface area contributed by atoms with Crippen LogP contribution in [0.2, 0.25) is 5.15 Å². The number of hydrogen-bond acceptors (Lipinski definition) is 3. The Morgan fingerprint density at radius 3 is 2.53 bits per heavy atom. The molecule has 1 atom stereocenters. The van der Waals surface area contributed by atoms with Crippen LogP contribution in [0.3, 0.4) is 0 Å². The summed E-state index contributed by atoms with van der Waals surface area (Å²) in [6.07, 6.45) is 2.84. The van der Waals surface area contributed by atoms with Crippen molar-refractivity contribution in [2.45, 2.75) is 57.7 Å². The molecule has 2 rings (SSSR count). The van der Waals surface area contributed by atoms with Gasteiger partial charge < -0.3 is 10.2 Å². The second-order valence-electron chi connectivity index (χ2n) is 5.98. The van der Waals surface area contributed by atoms with E-state index in [1.807, 2.05) is 6.92 Å². The van der Waals surface area contributed by atoms with E-state index in [0.717, 1.165) is 24.1 Å². The lowest BCUT2D eigenvalue weighted by molar-refractivity contribution is -0.102. The topological polar surface area (TPSA) is 58.3 Å². The first-order valence-corrected chi connectivity index (χ1v) is 7.29. The van der Waals surface area contributed by atoms with Crippen LogP contribution in [0.1, 0.15) is 43.9 Å². The molecule has 2 N–H and O–H groups in total. The summed E-state index contributed by atoms with van der Waals surface area (Å²) in [6.45, 7) is 4.06. The maximum Gasteiger partial charge on any atom is 0.130 e. The molecule has 1 aromatic heterocycles. The number of rotatable bonds is 3. The molecule has 0 spiro atoms. The molecule has 1 heterocycles. The van der Waals surface area contributed by atoms with Crippen molar-refractivity contribution in [2.75, 3.05) is 0 Å². The highest BCUT2D eigenvalue weighted by Crippen LogP contribution is 2.36. The summed E-state index contributed by atoms with van der Waals surface area (Å²) in [4.78, 5) is 0. The summed E-state index contributed by atoms with van der Waals surface area (Å²) in [5.41, 5.74) is 0.682. The predicted molar refractivity (Wildman–Crippen MR) is 75.2 cm³/mol. The monoisotopic (exact) mass is 286 g/mol. The first-order chi connectivity index (χ1) is 8.83. The average molecular weight is 287 g/mol. The van der Waals surface area contributed by atoms with Crippen LogP contribution in [-0.4, -0.2) is 31.7 Å². The lowest BCUT2D eigenvalue weighted by Gasteiger charge is -2.38. The molecule has 4 nitrogen and oxygen atoms in total. The van der Waals surface area contributed by atoms with E-state index in [9.17, 15) is 10.2 Å². The smallest absolute Gasteiger partial charge is 0.130 e. The normalized spacial score (nSPS) is 29.5. The Morgan fingerprint density at radius 2 is 2.05 bits per heavy atom. The average Bonchev–Trinajstić information content (AvgIpc) is 2.60. The van der Waals surface area contributed by atoms with Crippen LogP contribution < -0.4 is 0 Å². The minimum absolute atomic E-state index is 0.364. The summed E-state index contributed by atoms with van der Waals surface area (Å²) in [5.74, 6) is 0.635. The molecule has 0 aliphatic heterocycles. The molecule has 1 aliphatic rings. The van der Waals surface area contributed by atoms with Crippen molar-refractivity contribution >= 4 is 11.6 Å². The van der Waals surface area contributed by atoms with E-state index < -0.39 is 11.7 Å². The third-order valence-electron chi connectivity index (χ3n) is 4.43. The summed E-state index contributed by atoms with van der Waals surface area (Å²) >= 11 is 6.17. The highest BCUT2D eigenvalue weighted by Gasteiger charge is 2.39. The van der Waals surface area contributed by atoms with Crippen LogP contribution in [-0.2, 0) is 13.5 Å². The molecule has 0 saturated heterocycles. The van der Waals surface area contributed by atoms with Gasteiger partial charge in [0.2, 0.25) is 0 Å². The van der Waals surface area contributed by atoms with Gasteiger partial charge in [0.05, 0.1) is 17.4 Å². The maximum atomic E-state index is 10.6. The van der Waals surface area contributed by atoms with E-state index in [-0.39, 0.29) is 0 Å². The molecular formula is C14H23ClN2O2. The van der Waals surface area contributed by atoms with Gasteiger partial charge >= 0.3 is 0 Å². The summed E-state index contributed by atoms with van der Waals surface area (Å²) in [7, 11) is 1.78. The van der Waals surface area contributed by atoms with E-state index >= 15 is 0 Å². The molecule has 0 bridgehead atoms. The third kappa shape index (κ3) is 2.96. The van der Waals surface area contributed by atoms with Crippen molar-refractivity contribution in [3.05, 3.63) is 16.4 Å². The zero-order chi connectivity index (χ0) is 14.2. The van der Waals surface area contributed by atoms with Crippen LogP contribution in [0, 0.1) is 12.8 Å². The number of nitrogens with zero attached hydrogens (tertiary/aromatic N) is 2. The number of aryl methyl sites for hydroxylation is 2. The van der Waals surface area contributed by atoms with Crippen molar-refractivity contribution in [1.82, 2.24) is 9.78 Å². The largest absolute Gasteiger partial charge is 0.390 e. The second kappa shape index (κ2) is 5.43. The first kappa shape index (κ1) is 14.8. The Labute approximate surface area is 119 Å². The van der Waals surface area contributed by atoms with Gasteiger partial charge in [0.15, 0.2) is 0 Å². The molecule has 0 aromatic carbocycles. The molecule has 1 saturated carbocycles. The zero-order valence-corrected chi connectivity index (χ0v) is 12.6. The van der Waals surface area contributed by atoms with Gasteiger partial charge in [-0.3, -0.25) is 4.68 Å². The fraction of sp³-hybridized carbons (Fsp3) is 0.786. The van der Waals surface area contributed by atoms with E-state index in [2.05, 4.69) is 12.0 Å². The zero-order valence-electron chi connectivity index (χ0n) is 11.9. The molecular weight excluding hydrogens is 264 g/mol. The lowest BCUT2D eigenvalue weighted by atomic mass is 9.75. The van der Waals surface area contributed by atoms with E-state index in [1.54, 1.807) is 11.7 Å². The molecule has 108 valence electrons. The van der Waals surface area contributed by atoms with Gasteiger partial charge in [0.1, 0.15) is 5.15 Å². The number of halogens is 1. The Bertz CT molecular complexity index is 451. The number of hydrogen-bond donors (Lipinski definition) is 2. The minimum Gasteiger partial charge on any atom is -0.390 e. The molecule has 5 heteroatoms. The van der Waals surface area contributed by atoms with Gasteiger partial charge in [0, 0.05) is 19.0 Å². The number of aliphatic hydroxyl groups excluding tert-OH is 1. The van der Waals surface area contributed by atoms with Crippen LogP contribution >= 0.6 is 11.6 Å². The first-order valence-electron chi connectivity index (χ1n) is 6.92. The fourth-order valence-electron chi connectivity index (χ4n) is 2.88. The summed E-state index contributed by atoms with van der Waals surface area (Å²) < 4.78 is 1.60. The van der Waals surface area contributed by atoms with Gasteiger partial charge in [-0.15, -0.1) is 0 Å². The minimum atomic E-state index is -0.974. The van der Waals surface area contributed by atoms with Gasteiger partial charge in [-0.2, -0.15) is 5.10 Å². The molecule has 1 unspecified atom stereocenters. The second-order valence-corrected chi connectivity index (χ2v) is 6.34. The Hall–Kier alpha value is -0.580. The van der Waals surface area contributed by atoms with Crippen molar-refractivity contribution in [2.24, 2.45) is 13.0 Å². The number of aromatic nitrogens is 2. The van der Waals surface area contributed by atoms with Crippen LogP contribution in [0.5, 0.6) is 0 Å². The highest BCUT2D eigenvalue weighted by atomic mass is 35.5. The fourth-order valence-corrected chi connectivity index (χ4v) is 3.14.